The highest BCUT2D eigenvalue weighted by Gasteiger charge is 2.22. The topological polar surface area (TPSA) is 96.6 Å². The van der Waals surface area contributed by atoms with Crippen molar-refractivity contribution in [3.8, 4) is 0 Å². The van der Waals surface area contributed by atoms with Gasteiger partial charge in [-0.05, 0) is 32.0 Å². The third kappa shape index (κ3) is 3.32. The second kappa shape index (κ2) is 7.09. The van der Waals surface area contributed by atoms with Crippen LogP contribution in [0.25, 0.3) is 22.2 Å². The van der Waals surface area contributed by atoms with Crippen LogP contribution in [0.4, 0.5) is 8.78 Å². The van der Waals surface area contributed by atoms with E-state index in [1.165, 1.54) is 0 Å². The first-order valence-electron chi connectivity index (χ1n) is 9.62. The molecule has 1 unspecified atom stereocenters. The van der Waals surface area contributed by atoms with Crippen molar-refractivity contribution < 1.29 is 8.78 Å². The average Bonchev–Trinajstić information content (AvgIpc) is 3.37. The molecule has 2 aromatic heterocycles. The minimum atomic E-state index is -0.929. The van der Waals surface area contributed by atoms with Crippen LogP contribution in [0.15, 0.2) is 36.8 Å². The molecule has 0 saturated carbocycles. The zero-order valence-corrected chi connectivity index (χ0v) is 15.6. The van der Waals surface area contributed by atoms with Crippen LogP contribution in [0.1, 0.15) is 30.3 Å². The van der Waals surface area contributed by atoms with E-state index in [-0.39, 0.29) is 0 Å². The Kier molecular flexibility index (Phi) is 4.40. The van der Waals surface area contributed by atoms with E-state index in [4.69, 9.17) is 5.73 Å². The van der Waals surface area contributed by atoms with E-state index in [0.29, 0.717) is 28.5 Å². The van der Waals surface area contributed by atoms with Gasteiger partial charge in [0, 0.05) is 41.2 Å². The largest absolute Gasteiger partial charge is 0.372 e. The molecule has 2 aliphatic heterocycles. The molecule has 1 atom stereocenters. The van der Waals surface area contributed by atoms with Gasteiger partial charge in [-0.15, -0.1) is 0 Å². The molecule has 0 spiro atoms. The number of rotatable bonds is 3. The van der Waals surface area contributed by atoms with Gasteiger partial charge in [-0.25, -0.2) is 13.8 Å². The van der Waals surface area contributed by atoms with Crippen LogP contribution in [0.3, 0.4) is 0 Å². The molecule has 2 aliphatic rings. The summed E-state index contributed by atoms with van der Waals surface area (Å²) in [5.74, 6) is -1.37. The summed E-state index contributed by atoms with van der Waals surface area (Å²) in [7, 11) is 0. The number of hydrogen-bond donors (Lipinski definition) is 4. The summed E-state index contributed by atoms with van der Waals surface area (Å²) in [5.41, 5.74) is 9.55. The number of dihydropyridines is 1. The van der Waals surface area contributed by atoms with E-state index in [1.807, 2.05) is 29.4 Å². The zero-order chi connectivity index (χ0) is 20.0. The van der Waals surface area contributed by atoms with Gasteiger partial charge in [-0.2, -0.15) is 5.10 Å². The molecule has 150 valence electrons. The molecule has 29 heavy (non-hydrogen) atoms. The Morgan fingerprint density at radius 3 is 2.76 bits per heavy atom. The Labute approximate surface area is 165 Å². The minimum absolute atomic E-state index is 0.349. The van der Waals surface area contributed by atoms with E-state index in [1.54, 1.807) is 0 Å². The number of halogens is 2. The number of nitrogens with zero attached hydrogens (tertiary/aromatic N) is 3. The number of benzene rings is 1. The summed E-state index contributed by atoms with van der Waals surface area (Å²) in [6, 6.07) is 2.57. The molecule has 1 aromatic carbocycles. The van der Waals surface area contributed by atoms with Crippen molar-refractivity contribution in [2.45, 2.75) is 25.0 Å². The fraction of sp³-hybridized carbons (Fsp3) is 0.300. The van der Waals surface area contributed by atoms with Crippen molar-refractivity contribution >= 4 is 22.2 Å². The van der Waals surface area contributed by atoms with E-state index >= 15 is 0 Å². The van der Waals surface area contributed by atoms with Gasteiger partial charge in [0.25, 0.3) is 0 Å². The summed E-state index contributed by atoms with van der Waals surface area (Å²) < 4.78 is 29.1. The Morgan fingerprint density at radius 2 is 1.93 bits per heavy atom. The molecule has 0 radical (unpaired) electrons. The first-order chi connectivity index (χ1) is 14.1. The van der Waals surface area contributed by atoms with Crippen molar-refractivity contribution in [1.82, 2.24) is 30.4 Å². The van der Waals surface area contributed by atoms with E-state index in [9.17, 15) is 8.78 Å². The predicted molar refractivity (Wildman–Crippen MR) is 106 cm³/mol. The highest BCUT2D eigenvalue weighted by atomic mass is 19.2. The molecule has 4 heterocycles. The van der Waals surface area contributed by atoms with Crippen molar-refractivity contribution in [3.63, 3.8) is 0 Å². The zero-order valence-electron chi connectivity index (χ0n) is 15.6. The molecule has 0 bridgehead atoms. The summed E-state index contributed by atoms with van der Waals surface area (Å²) in [6.45, 7) is 1.99. The molecular weight excluding hydrogens is 376 g/mol. The number of allylic oxidation sites excluding steroid dienone is 2. The fourth-order valence-corrected chi connectivity index (χ4v) is 3.85. The molecule has 5 N–H and O–H groups in total. The second-order valence-corrected chi connectivity index (χ2v) is 7.40. The van der Waals surface area contributed by atoms with Gasteiger partial charge in [-0.1, -0.05) is 0 Å². The number of hydrogen-bond acceptors (Lipinski definition) is 5. The van der Waals surface area contributed by atoms with Gasteiger partial charge in [-0.3, -0.25) is 4.68 Å². The van der Waals surface area contributed by atoms with Gasteiger partial charge < -0.3 is 21.4 Å². The van der Waals surface area contributed by atoms with E-state index < -0.39 is 17.8 Å². The van der Waals surface area contributed by atoms with Gasteiger partial charge in [0.2, 0.25) is 0 Å². The molecule has 7 nitrogen and oxygen atoms in total. The van der Waals surface area contributed by atoms with Gasteiger partial charge in [0.1, 0.15) is 12.0 Å². The lowest BCUT2D eigenvalue weighted by molar-refractivity contribution is 0.343. The first-order valence-corrected chi connectivity index (χ1v) is 9.62. The molecule has 5 rings (SSSR count). The number of imidazole rings is 1. The third-order valence-corrected chi connectivity index (χ3v) is 5.48. The number of nitrogens with one attached hydrogen (secondary N) is 3. The van der Waals surface area contributed by atoms with Crippen LogP contribution >= 0.6 is 0 Å². The van der Waals surface area contributed by atoms with Gasteiger partial charge in [0.05, 0.1) is 23.3 Å². The third-order valence-electron chi connectivity index (χ3n) is 5.48. The van der Waals surface area contributed by atoms with Crippen LogP contribution in [0.5, 0.6) is 0 Å². The van der Waals surface area contributed by atoms with Crippen molar-refractivity contribution in [3.05, 3.63) is 59.8 Å². The normalized spacial score (nSPS) is 20.4. The predicted octanol–water partition coefficient (Wildman–Crippen LogP) is 2.27. The monoisotopic (exact) mass is 397 g/mol. The number of aromatic nitrogens is 4. The Bertz CT molecular complexity index is 1080. The molecule has 1 fully saturated rings. The number of piperidine rings is 1. The highest BCUT2D eigenvalue weighted by Crippen LogP contribution is 2.28. The smallest absolute Gasteiger partial charge is 0.161 e. The quantitative estimate of drug-likeness (QED) is 0.544. The Hall–Kier alpha value is -3.04. The molecule has 3 aromatic rings. The molecule has 0 amide bonds. The fourth-order valence-electron chi connectivity index (χ4n) is 3.85. The second-order valence-electron chi connectivity index (χ2n) is 7.40. The number of fused-ring (bicyclic) bond motifs is 1. The van der Waals surface area contributed by atoms with Crippen LogP contribution in [0.2, 0.25) is 0 Å². The summed E-state index contributed by atoms with van der Waals surface area (Å²) in [5, 5.41) is 11.0. The first kappa shape index (κ1) is 18.0. The van der Waals surface area contributed by atoms with Crippen molar-refractivity contribution in [1.29, 1.82) is 0 Å². The van der Waals surface area contributed by atoms with E-state index in [2.05, 4.69) is 25.7 Å². The molecule has 0 aliphatic carbocycles. The summed E-state index contributed by atoms with van der Waals surface area (Å²) >= 11 is 0. The van der Waals surface area contributed by atoms with Gasteiger partial charge >= 0.3 is 0 Å². The van der Waals surface area contributed by atoms with Gasteiger partial charge in [0.15, 0.2) is 11.6 Å². The average molecular weight is 397 g/mol. The lowest BCUT2D eigenvalue weighted by atomic mass is 10.0. The number of nitrogens with two attached hydrogens (primary N) is 1. The SMILES string of the molecule is NC1NC=C(c2cnn(C3CCNCC3)c2)C=C1c1nc2cc(F)c(F)cc2[nH]1. The van der Waals surface area contributed by atoms with Crippen LogP contribution in [0, 0.1) is 11.6 Å². The van der Waals surface area contributed by atoms with Crippen LogP contribution in [-0.4, -0.2) is 39.0 Å². The Balaban J connectivity index is 1.47. The molecule has 1 saturated heterocycles. The minimum Gasteiger partial charge on any atom is -0.372 e. The Morgan fingerprint density at radius 1 is 1.14 bits per heavy atom. The van der Waals surface area contributed by atoms with E-state index in [0.717, 1.165) is 49.2 Å². The summed E-state index contributed by atoms with van der Waals surface area (Å²) in [4.78, 5) is 7.42. The number of aromatic amines is 1. The molecular formula is C20H21F2N7. The van der Waals surface area contributed by atoms with Crippen LogP contribution in [-0.2, 0) is 0 Å². The maximum absolute atomic E-state index is 13.5. The lowest BCUT2D eigenvalue weighted by Crippen LogP contribution is -2.37. The maximum atomic E-state index is 13.5. The molecule has 9 heteroatoms. The maximum Gasteiger partial charge on any atom is 0.161 e. The van der Waals surface area contributed by atoms with Crippen LogP contribution < -0.4 is 16.4 Å². The standard InChI is InChI=1S/C20H21F2N7/c21-15-6-17-18(7-16(15)22)28-20(27-17)14-5-11(8-25-19(14)23)12-9-26-29(10-12)13-1-3-24-4-2-13/h5-10,13,19,24-25H,1-4,23H2,(H,27,28). The van der Waals surface area contributed by atoms with Crippen molar-refractivity contribution in [2.24, 2.45) is 5.73 Å². The highest BCUT2D eigenvalue weighted by molar-refractivity contribution is 5.87. The number of H-pyrrole nitrogens is 1. The summed E-state index contributed by atoms with van der Waals surface area (Å²) in [6.07, 6.45) is 9.26. The lowest BCUT2D eigenvalue weighted by Gasteiger charge is -2.23. The van der Waals surface area contributed by atoms with Crippen molar-refractivity contribution in [2.75, 3.05) is 13.1 Å².